The lowest BCUT2D eigenvalue weighted by atomic mass is 10.2. The van der Waals surface area contributed by atoms with Gasteiger partial charge in [0.2, 0.25) is 5.91 Å². The van der Waals surface area contributed by atoms with Crippen molar-refractivity contribution in [2.24, 2.45) is 0 Å². The van der Waals surface area contributed by atoms with Crippen LogP contribution in [0.4, 0.5) is 17.2 Å². The number of pyridine rings is 1. The van der Waals surface area contributed by atoms with Gasteiger partial charge in [-0.3, -0.25) is 4.79 Å². The van der Waals surface area contributed by atoms with Gasteiger partial charge in [-0.15, -0.1) is 0 Å². The van der Waals surface area contributed by atoms with Crippen LogP contribution >= 0.6 is 11.6 Å². The van der Waals surface area contributed by atoms with Crippen molar-refractivity contribution in [2.75, 3.05) is 41.3 Å². The van der Waals surface area contributed by atoms with Crippen LogP contribution in [0.3, 0.4) is 0 Å². The summed E-state index contributed by atoms with van der Waals surface area (Å²) in [6.07, 6.45) is 2.18. The molecule has 6 heteroatoms. The van der Waals surface area contributed by atoms with E-state index in [1.54, 1.807) is 6.20 Å². The molecule has 0 unspecified atom stereocenters. The second-order valence-electron chi connectivity index (χ2n) is 5.76. The molecule has 126 valence electrons. The lowest BCUT2D eigenvalue weighted by molar-refractivity contribution is -0.115. The molecule has 1 aromatic heterocycles. The molecule has 0 atom stereocenters. The van der Waals surface area contributed by atoms with Crippen LogP contribution in [0.25, 0.3) is 0 Å². The molecule has 1 aliphatic heterocycles. The summed E-state index contributed by atoms with van der Waals surface area (Å²) in [4.78, 5) is 20.5. The first-order chi connectivity index (χ1) is 11.7. The summed E-state index contributed by atoms with van der Waals surface area (Å²) in [5.41, 5.74) is 1.90. The number of benzene rings is 1. The highest BCUT2D eigenvalue weighted by molar-refractivity contribution is 6.30. The van der Waals surface area contributed by atoms with Crippen molar-refractivity contribution in [3.63, 3.8) is 0 Å². The van der Waals surface area contributed by atoms with E-state index >= 15 is 0 Å². The number of hydrogen-bond donors (Lipinski definition) is 1. The molecule has 0 aliphatic carbocycles. The highest BCUT2D eigenvalue weighted by atomic mass is 35.5. The molecule has 1 aliphatic rings. The molecule has 24 heavy (non-hydrogen) atoms. The molecule has 1 amide bonds. The normalized spacial score (nSPS) is 14.6. The Hall–Kier alpha value is -2.27. The van der Waals surface area contributed by atoms with Crippen LogP contribution in [0, 0.1) is 0 Å². The van der Waals surface area contributed by atoms with Gasteiger partial charge in [-0.05, 0) is 30.3 Å². The number of carbonyl (C=O) groups is 1. The van der Waals surface area contributed by atoms with Gasteiger partial charge < -0.3 is 15.1 Å². The van der Waals surface area contributed by atoms with E-state index in [1.807, 2.05) is 37.3 Å². The van der Waals surface area contributed by atoms with Gasteiger partial charge in [0.1, 0.15) is 5.82 Å². The molecule has 0 bridgehead atoms. The van der Waals surface area contributed by atoms with Gasteiger partial charge >= 0.3 is 0 Å². The van der Waals surface area contributed by atoms with Gasteiger partial charge in [-0.1, -0.05) is 24.6 Å². The maximum atomic E-state index is 11.4. The molecule has 1 aromatic carbocycles. The highest BCUT2D eigenvalue weighted by Crippen LogP contribution is 2.22. The van der Waals surface area contributed by atoms with Gasteiger partial charge in [-0.25, -0.2) is 4.98 Å². The zero-order valence-electron chi connectivity index (χ0n) is 13.7. The van der Waals surface area contributed by atoms with Crippen LogP contribution < -0.4 is 15.1 Å². The summed E-state index contributed by atoms with van der Waals surface area (Å²) in [6.45, 7) is 5.49. The predicted molar refractivity (Wildman–Crippen MR) is 99.0 cm³/mol. The van der Waals surface area contributed by atoms with Crippen molar-refractivity contribution in [2.45, 2.75) is 13.3 Å². The van der Waals surface area contributed by atoms with Crippen molar-refractivity contribution < 1.29 is 4.79 Å². The molecule has 5 nitrogen and oxygen atoms in total. The first kappa shape index (κ1) is 16.6. The van der Waals surface area contributed by atoms with Crippen molar-refractivity contribution in [1.82, 2.24) is 4.98 Å². The minimum absolute atomic E-state index is 0.000291. The molecule has 0 spiro atoms. The molecule has 2 aromatic rings. The zero-order valence-corrected chi connectivity index (χ0v) is 14.5. The lowest BCUT2D eigenvalue weighted by Gasteiger charge is -2.36. The largest absolute Gasteiger partial charge is 0.368 e. The number of hydrogen-bond acceptors (Lipinski definition) is 4. The third kappa shape index (κ3) is 3.97. The molecule has 0 radical (unpaired) electrons. The van der Waals surface area contributed by atoms with Gasteiger partial charge in [0.15, 0.2) is 0 Å². The monoisotopic (exact) mass is 344 g/mol. The fourth-order valence-electron chi connectivity index (χ4n) is 2.76. The molecule has 1 saturated heterocycles. The fraction of sp³-hybridized carbons (Fsp3) is 0.333. The van der Waals surface area contributed by atoms with E-state index in [-0.39, 0.29) is 5.91 Å². The SMILES string of the molecule is CCC(=O)Nc1ccc(N2CCN(c3cccc(Cl)c3)CC2)nc1. The van der Waals surface area contributed by atoms with Crippen molar-refractivity contribution in [1.29, 1.82) is 0 Å². The van der Waals surface area contributed by atoms with Crippen LogP contribution in [0.1, 0.15) is 13.3 Å². The van der Waals surface area contributed by atoms with E-state index in [0.717, 1.165) is 48.4 Å². The maximum absolute atomic E-state index is 11.4. The molecule has 2 heterocycles. The van der Waals surface area contributed by atoms with E-state index in [4.69, 9.17) is 11.6 Å². The Morgan fingerprint density at radius 2 is 1.92 bits per heavy atom. The first-order valence-corrected chi connectivity index (χ1v) is 8.55. The van der Waals surface area contributed by atoms with Crippen LogP contribution in [-0.2, 0) is 4.79 Å². The zero-order chi connectivity index (χ0) is 16.9. The molecule has 3 rings (SSSR count). The molecule has 1 N–H and O–H groups in total. The predicted octanol–water partition coefficient (Wildman–Crippen LogP) is 3.41. The van der Waals surface area contributed by atoms with Crippen molar-refractivity contribution >= 4 is 34.7 Å². The van der Waals surface area contributed by atoms with Crippen LogP contribution in [-0.4, -0.2) is 37.1 Å². The summed E-state index contributed by atoms with van der Waals surface area (Å²) >= 11 is 6.07. The Labute approximate surface area is 147 Å². The third-order valence-electron chi connectivity index (χ3n) is 4.13. The van der Waals surface area contributed by atoms with Gasteiger partial charge in [-0.2, -0.15) is 0 Å². The van der Waals surface area contributed by atoms with E-state index in [0.29, 0.717) is 6.42 Å². The Bertz CT molecular complexity index is 696. The Balaban J connectivity index is 1.59. The average molecular weight is 345 g/mol. The molecule has 0 saturated carbocycles. The standard InChI is InChI=1S/C18H21ClN4O/c1-2-18(24)21-15-6-7-17(20-13-15)23-10-8-22(9-11-23)16-5-3-4-14(19)12-16/h3-7,12-13H,2,8-11H2,1H3,(H,21,24). The number of rotatable bonds is 4. The molecular weight excluding hydrogens is 324 g/mol. The Morgan fingerprint density at radius 1 is 1.17 bits per heavy atom. The average Bonchev–Trinajstić information content (AvgIpc) is 2.62. The quantitative estimate of drug-likeness (QED) is 0.923. The molecule has 1 fully saturated rings. The Kier molecular flexibility index (Phi) is 5.20. The van der Waals surface area contributed by atoms with Gasteiger partial charge in [0, 0.05) is 43.3 Å². The maximum Gasteiger partial charge on any atom is 0.224 e. The first-order valence-electron chi connectivity index (χ1n) is 8.17. The summed E-state index contributed by atoms with van der Waals surface area (Å²) in [5, 5.41) is 3.58. The van der Waals surface area contributed by atoms with Crippen LogP contribution in [0.2, 0.25) is 5.02 Å². The summed E-state index contributed by atoms with van der Waals surface area (Å²) in [7, 11) is 0. The second kappa shape index (κ2) is 7.53. The Morgan fingerprint density at radius 3 is 2.54 bits per heavy atom. The number of halogens is 1. The number of aromatic nitrogens is 1. The van der Waals surface area contributed by atoms with Crippen molar-refractivity contribution in [3.05, 3.63) is 47.6 Å². The lowest BCUT2D eigenvalue weighted by Crippen LogP contribution is -2.46. The van der Waals surface area contributed by atoms with E-state index < -0.39 is 0 Å². The number of piperazine rings is 1. The minimum atomic E-state index is -0.000291. The van der Waals surface area contributed by atoms with E-state index in [1.165, 1.54) is 0 Å². The van der Waals surface area contributed by atoms with Crippen LogP contribution in [0.15, 0.2) is 42.6 Å². The summed E-state index contributed by atoms with van der Waals surface area (Å²) < 4.78 is 0. The highest BCUT2D eigenvalue weighted by Gasteiger charge is 2.18. The van der Waals surface area contributed by atoms with Crippen LogP contribution in [0.5, 0.6) is 0 Å². The molecular formula is C18H21ClN4O. The van der Waals surface area contributed by atoms with Gasteiger partial charge in [0.05, 0.1) is 11.9 Å². The summed E-state index contributed by atoms with van der Waals surface area (Å²) in [5.74, 6) is 0.940. The number of amides is 1. The number of carbonyl (C=O) groups excluding carboxylic acids is 1. The second-order valence-corrected chi connectivity index (χ2v) is 6.20. The number of nitrogens with one attached hydrogen (secondary N) is 1. The topological polar surface area (TPSA) is 48.5 Å². The van der Waals surface area contributed by atoms with E-state index in [2.05, 4.69) is 26.2 Å². The van der Waals surface area contributed by atoms with Gasteiger partial charge in [0.25, 0.3) is 0 Å². The number of anilines is 3. The minimum Gasteiger partial charge on any atom is -0.368 e. The number of nitrogens with zero attached hydrogens (tertiary/aromatic N) is 3. The summed E-state index contributed by atoms with van der Waals surface area (Å²) in [6, 6.07) is 11.8. The van der Waals surface area contributed by atoms with Crippen molar-refractivity contribution in [3.8, 4) is 0 Å². The smallest absolute Gasteiger partial charge is 0.224 e. The fourth-order valence-corrected chi connectivity index (χ4v) is 2.95. The third-order valence-corrected chi connectivity index (χ3v) is 4.36. The van der Waals surface area contributed by atoms with E-state index in [9.17, 15) is 4.79 Å².